The van der Waals surface area contributed by atoms with Crippen LogP contribution in [-0.2, 0) is 47.8 Å². The third-order valence-corrected chi connectivity index (χ3v) is 3.47. The minimum atomic E-state index is -3.07. The van der Waals surface area contributed by atoms with E-state index in [2.05, 4.69) is 9.47 Å². The van der Waals surface area contributed by atoms with Crippen molar-refractivity contribution in [3.05, 3.63) is 12.2 Å². The molecule has 34 heavy (non-hydrogen) atoms. The maximum atomic E-state index is 11.8. The summed E-state index contributed by atoms with van der Waals surface area (Å²) in [6.45, 7) is 0. The molecule has 0 aromatic carbocycles. The van der Waals surface area contributed by atoms with Crippen molar-refractivity contribution >= 4 is 123 Å². The summed E-state index contributed by atoms with van der Waals surface area (Å²) in [4.78, 5) is 89.7. The van der Waals surface area contributed by atoms with Crippen molar-refractivity contribution in [2.45, 2.75) is 36.9 Å². The molecule has 0 radical (unpaired) electrons. The van der Waals surface area contributed by atoms with Crippen LogP contribution in [0.15, 0.2) is 12.2 Å². The van der Waals surface area contributed by atoms with E-state index >= 15 is 0 Å². The molecule has 0 fully saturated rings. The van der Waals surface area contributed by atoms with E-state index in [1.54, 1.807) is 0 Å². The van der Waals surface area contributed by atoms with Gasteiger partial charge in [0.15, 0.2) is 0 Å². The number of hydrogen-bond acceptors (Lipinski definition) is 10. The third-order valence-electron chi connectivity index (χ3n) is 3.47. The van der Waals surface area contributed by atoms with Crippen LogP contribution in [0.4, 0.5) is 0 Å². The Bertz CT molecular complexity index is 774. The molecule has 0 heterocycles. The van der Waals surface area contributed by atoms with Crippen LogP contribution in [0.2, 0.25) is 0 Å². The molecule has 0 aliphatic heterocycles. The number of carbonyl (C=O) groups excluding carboxylic acids is 2. The summed E-state index contributed by atoms with van der Waals surface area (Å²) in [5.74, 6) is -15.2. The summed E-state index contributed by atoms with van der Waals surface area (Å²) in [6, 6.07) is 0. The van der Waals surface area contributed by atoms with E-state index in [-0.39, 0.29) is 87.6 Å². The van der Waals surface area contributed by atoms with Crippen molar-refractivity contribution < 1.29 is 78.5 Å². The zero-order chi connectivity index (χ0) is 25.3. The van der Waals surface area contributed by atoms with Crippen molar-refractivity contribution in [2.24, 2.45) is 0 Å². The van der Waals surface area contributed by atoms with Crippen LogP contribution in [0.3, 0.4) is 0 Å². The van der Waals surface area contributed by atoms with Crippen LogP contribution in [0, 0.1) is 0 Å². The Hall–Kier alpha value is -1.98. The van der Waals surface area contributed by atoms with E-state index in [1.165, 1.54) is 0 Å². The fraction of sp³-hybridized carbons (Fsp3) is 0.375. The van der Waals surface area contributed by atoms with Crippen LogP contribution < -0.4 is 0 Å². The fourth-order valence-electron chi connectivity index (χ4n) is 2.23. The van der Waals surface area contributed by atoms with Crippen molar-refractivity contribution in [1.29, 1.82) is 0 Å². The molecule has 0 aromatic rings. The van der Waals surface area contributed by atoms with E-state index in [0.717, 1.165) is 0 Å². The van der Waals surface area contributed by atoms with E-state index < -0.39 is 84.6 Å². The molecule has 0 amide bonds. The molecule has 6 N–H and O–H groups in total. The van der Waals surface area contributed by atoms with Crippen LogP contribution >= 0.6 is 0 Å². The van der Waals surface area contributed by atoms with Gasteiger partial charge in [-0.15, -0.1) is 0 Å². The molecule has 0 bridgehead atoms. The summed E-state index contributed by atoms with van der Waals surface area (Å²) < 4.78 is 8.76. The number of hydrogen-bond donors (Lipinski definition) is 6. The molecule has 18 heteroatoms. The zero-order valence-corrected chi connectivity index (χ0v) is 15.7. The molecule has 0 saturated carbocycles. The van der Waals surface area contributed by atoms with Crippen LogP contribution in [-0.4, -0.2) is 165 Å². The van der Waals surface area contributed by atoms with Crippen molar-refractivity contribution in [2.75, 3.05) is 0 Å². The van der Waals surface area contributed by atoms with Gasteiger partial charge in [-0.1, -0.05) is 0 Å². The topological polar surface area (TPSA) is 276 Å². The van der Waals surface area contributed by atoms with Crippen molar-refractivity contribution in [3.63, 3.8) is 0 Å². The second-order valence-corrected chi connectivity index (χ2v) is 6.06. The Balaban J connectivity index is -0.00000480. The fourth-order valence-corrected chi connectivity index (χ4v) is 2.23. The van der Waals surface area contributed by atoms with Crippen molar-refractivity contribution in [3.8, 4) is 0 Å². The predicted molar refractivity (Wildman–Crippen MR) is 108 cm³/mol. The standard InChI is InChI=1S/C16H16O16.2Ca.4H/c17-7(18)3-15(13(27)28,4-8(19)20)31-11(25)1-2-12(26)32-16(14(29)30,5-9(21)22)6-10(23)24;;;;;;/h1-2H,3-6H2,(H,17,18)(H,19,20)(H,21,22)(H,23,24)(H,27,28)(H,29,30);;;;;;/b2-1-;;;;;;. The average Bonchev–Trinajstić information content (AvgIpc) is 2.57. The Morgan fingerprint density at radius 3 is 0.853 bits per heavy atom. The Morgan fingerprint density at radius 2 is 0.706 bits per heavy atom. The van der Waals surface area contributed by atoms with Crippen LogP contribution in [0.5, 0.6) is 0 Å². The number of carbonyl (C=O) groups is 8. The van der Waals surface area contributed by atoms with Gasteiger partial charge in [0.2, 0.25) is 11.2 Å². The van der Waals surface area contributed by atoms with Crippen molar-refractivity contribution in [1.82, 2.24) is 0 Å². The predicted octanol–water partition coefficient (Wildman–Crippen LogP) is -3.66. The quantitative estimate of drug-likeness (QED) is 0.0693. The summed E-state index contributed by atoms with van der Waals surface area (Å²) >= 11 is 0. The molecule has 0 rings (SSSR count). The number of esters is 2. The number of rotatable bonds is 14. The van der Waals surface area contributed by atoms with Gasteiger partial charge in [-0.2, -0.15) is 0 Å². The minimum absolute atomic E-state index is 0. The van der Waals surface area contributed by atoms with Gasteiger partial charge in [-0.05, 0) is 0 Å². The first-order valence-corrected chi connectivity index (χ1v) is 8.03. The first kappa shape index (κ1) is 36.6. The van der Waals surface area contributed by atoms with Gasteiger partial charge < -0.3 is 40.1 Å². The van der Waals surface area contributed by atoms with Gasteiger partial charge in [-0.3, -0.25) is 19.2 Å². The number of aliphatic carboxylic acids is 6. The van der Waals surface area contributed by atoms with Crippen LogP contribution in [0.25, 0.3) is 0 Å². The Labute approximate surface area is 248 Å². The van der Waals surface area contributed by atoms with Crippen LogP contribution in [0.1, 0.15) is 25.7 Å². The summed E-state index contributed by atoms with van der Waals surface area (Å²) in [5, 5.41) is 53.4. The van der Waals surface area contributed by atoms with E-state index in [4.69, 9.17) is 30.6 Å². The molecule has 0 aliphatic carbocycles. The summed E-state index contributed by atoms with van der Waals surface area (Å²) in [5.41, 5.74) is -6.14. The first-order chi connectivity index (χ1) is 14.5. The number of carboxylic acid groups (broad SMARTS) is 6. The zero-order valence-electron chi connectivity index (χ0n) is 15.7. The number of ether oxygens (including phenoxy) is 2. The average molecular weight is 548 g/mol. The molecule has 0 aromatic heterocycles. The first-order valence-electron chi connectivity index (χ1n) is 8.03. The van der Waals surface area contributed by atoms with Gasteiger partial charge in [0, 0.05) is 12.2 Å². The molecule has 184 valence electrons. The monoisotopic (exact) mass is 548 g/mol. The van der Waals surface area contributed by atoms with Gasteiger partial charge >= 0.3 is 123 Å². The SMILES string of the molecule is O=C(O)CC(CC(=O)O)(OC(=O)/C=C\C(=O)OC(CC(=O)O)(CC(=O)O)C(=O)O)C(=O)O.[CaH2].[CaH2]. The molecule has 0 atom stereocenters. The third kappa shape index (κ3) is 12.5. The van der Waals surface area contributed by atoms with Gasteiger partial charge in [0.1, 0.15) is 0 Å². The Morgan fingerprint density at radius 1 is 0.500 bits per heavy atom. The Kier molecular flexibility index (Phi) is 17.0. The summed E-state index contributed by atoms with van der Waals surface area (Å²) in [6.07, 6.45) is -5.68. The van der Waals surface area contributed by atoms with E-state index in [0.29, 0.717) is 0 Å². The normalized spacial score (nSPS) is 10.7. The molecule has 0 spiro atoms. The van der Waals surface area contributed by atoms with Gasteiger partial charge in [-0.25, -0.2) is 19.2 Å². The van der Waals surface area contributed by atoms with E-state index in [1.807, 2.05) is 0 Å². The second kappa shape index (κ2) is 15.8. The molecule has 0 saturated heterocycles. The molecular weight excluding hydrogens is 528 g/mol. The molecule has 16 nitrogen and oxygen atoms in total. The second-order valence-electron chi connectivity index (χ2n) is 6.06. The molecule has 0 unspecified atom stereocenters. The van der Waals surface area contributed by atoms with E-state index in [9.17, 15) is 38.4 Å². The molecule has 0 aliphatic rings. The maximum absolute atomic E-state index is 11.8. The van der Waals surface area contributed by atoms with Gasteiger partial charge in [0.25, 0.3) is 0 Å². The summed E-state index contributed by atoms with van der Waals surface area (Å²) in [7, 11) is 0. The molecular formula is C16H20Ca2O16. The van der Waals surface area contributed by atoms with Gasteiger partial charge in [0.05, 0.1) is 25.7 Å². The number of carboxylic acids is 6.